The largest absolute Gasteiger partial charge is 0.416 e. The molecule has 3 rings (SSSR count). The lowest BCUT2D eigenvalue weighted by Crippen LogP contribution is -2.32. The minimum atomic E-state index is -5.02. The summed E-state index contributed by atoms with van der Waals surface area (Å²) < 4.78 is 78.4. The highest BCUT2D eigenvalue weighted by atomic mass is 32.1. The van der Waals surface area contributed by atoms with Gasteiger partial charge in [-0.3, -0.25) is 9.69 Å². The minimum Gasteiger partial charge on any atom is -0.350 e. The highest BCUT2D eigenvalue weighted by Gasteiger charge is 2.41. The molecule has 0 spiro atoms. The monoisotopic (exact) mass is 418 g/mol. The van der Waals surface area contributed by atoms with Gasteiger partial charge in [-0.25, -0.2) is 0 Å². The van der Waals surface area contributed by atoms with Crippen LogP contribution in [0.5, 0.6) is 0 Å². The molecule has 0 unspecified atom stereocenters. The van der Waals surface area contributed by atoms with Crippen molar-refractivity contribution in [2.75, 3.05) is 4.90 Å². The third-order valence-corrected chi connectivity index (χ3v) is 4.43. The minimum absolute atomic E-state index is 0.00196. The molecule has 1 aliphatic heterocycles. The van der Waals surface area contributed by atoms with Crippen LogP contribution >= 0.6 is 12.2 Å². The molecule has 0 saturated carbocycles. The molecular weight excluding hydrogens is 406 g/mol. The smallest absolute Gasteiger partial charge is 0.350 e. The first-order valence-electron chi connectivity index (χ1n) is 7.94. The van der Waals surface area contributed by atoms with Crippen LogP contribution in [0.1, 0.15) is 16.7 Å². The highest BCUT2D eigenvalue weighted by molar-refractivity contribution is 7.80. The van der Waals surface area contributed by atoms with Crippen molar-refractivity contribution in [3.63, 3.8) is 0 Å². The maximum Gasteiger partial charge on any atom is 0.416 e. The first-order chi connectivity index (χ1) is 13.0. The Labute approximate surface area is 160 Å². The van der Waals surface area contributed by atoms with Crippen molar-refractivity contribution in [2.24, 2.45) is 0 Å². The average molecular weight is 418 g/mol. The molecule has 1 fully saturated rings. The van der Waals surface area contributed by atoms with Crippen molar-refractivity contribution in [3.05, 3.63) is 65.2 Å². The molecule has 10 heteroatoms. The van der Waals surface area contributed by atoms with Crippen LogP contribution in [0.2, 0.25) is 0 Å². The van der Waals surface area contributed by atoms with E-state index < -0.39 is 41.1 Å². The van der Waals surface area contributed by atoms with Gasteiger partial charge in [-0.1, -0.05) is 30.3 Å². The van der Waals surface area contributed by atoms with Crippen LogP contribution in [0.3, 0.4) is 0 Å². The third-order valence-electron chi connectivity index (χ3n) is 4.13. The second kappa shape index (κ2) is 7.08. The molecule has 0 aromatic heterocycles. The number of carbonyl (C=O) groups excluding carboxylic acids is 1. The maximum atomic E-state index is 13.1. The van der Waals surface area contributed by atoms with Crippen molar-refractivity contribution >= 4 is 28.9 Å². The van der Waals surface area contributed by atoms with Gasteiger partial charge in [0.2, 0.25) is 0 Å². The first-order valence-corrected chi connectivity index (χ1v) is 8.35. The summed E-state index contributed by atoms with van der Waals surface area (Å²) in [7, 11) is 0. The third kappa shape index (κ3) is 4.11. The lowest BCUT2D eigenvalue weighted by molar-refractivity contribution is -0.143. The first kappa shape index (κ1) is 20.1. The second-order valence-electron chi connectivity index (χ2n) is 6.13. The summed E-state index contributed by atoms with van der Waals surface area (Å²) in [6.07, 6.45) is -9.85. The molecular formula is C18H12F6N2OS. The van der Waals surface area contributed by atoms with E-state index in [4.69, 9.17) is 12.2 Å². The van der Waals surface area contributed by atoms with E-state index in [1.807, 2.05) is 0 Å². The number of alkyl halides is 6. The Kier molecular flexibility index (Phi) is 5.09. The van der Waals surface area contributed by atoms with Gasteiger partial charge < -0.3 is 5.32 Å². The molecule has 1 saturated heterocycles. The number of hydrogen-bond donors (Lipinski definition) is 1. The van der Waals surface area contributed by atoms with Crippen LogP contribution in [-0.4, -0.2) is 17.1 Å². The molecule has 1 amide bonds. The van der Waals surface area contributed by atoms with E-state index >= 15 is 0 Å². The fraction of sp³-hybridized carbons (Fsp3) is 0.222. The maximum absolute atomic E-state index is 13.1. The van der Waals surface area contributed by atoms with Gasteiger partial charge in [0.05, 0.1) is 16.8 Å². The molecule has 0 aliphatic carbocycles. The van der Waals surface area contributed by atoms with Crippen LogP contribution in [0.15, 0.2) is 48.5 Å². The quantitative estimate of drug-likeness (QED) is 0.586. The number of thiocarbonyl (C=S) groups is 1. The number of nitrogens with one attached hydrogen (secondary N) is 1. The lowest BCUT2D eigenvalue weighted by atomic mass is 10.1. The molecule has 1 N–H and O–H groups in total. The molecule has 148 valence electrons. The van der Waals surface area contributed by atoms with Crippen molar-refractivity contribution in [1.82, 2.24) is 5.32 Å². The van der Waals surface area contributed by atoms with Crippen LogP contribution < -0.4 is 10.2 Å². The van der Waals surface area contributed by atoms with E-state index in [1.54, 1.807) is 30.3 Å². The van der Waals surface area contributed by atoms with E-state index in [2.05, 4.69) is 5.32 Å². The van der Waals surface area contributed by atoms with Gasteiger partial charge in [-0.2, -0.15) is 26.3 Å². The van der Waals surface area contributed by atoms with Gasteiger partial charge in [-0.05, 0) is 36.0 Å². The Morgan fingerprint density at radius 3 is 1.96 bits per heavy atom. The van der Waals surface area contributed by atoms with Gasteiger partial charge >= 0.3 is 12.4 Å². The lowest BCUT2D eigenvalue weighted by Gasteiger charge is -2.19. The van der Waals surface area contributed by atoms with Gasteiger partial charge in [-0.15, -0.1) is 0 Å². The van der Waals surface area contributed by atoms with Crippen molar-refractivity contribution < 1.29 is 31.1 Å². The molecule has 0 radical (unpaired) electrons. The Morgan fingerprint density at radius 2 is 1.46 bits per heavy atom. The van der Waals surface area contributed by atoms with Crippen molar-refractivity contribution in [1.29, 1.82) is 0 Å². The van der Waals surface area contributed by atoms with Crippen LogP contribution in [0.25, 0.3) is 0 Å². The molecule has 2 aromatic carbocycles. The normalized spacial score (nSPS) is 17.8. The summed E-state index contributed by atoms with van der Waals surface area (Å²) in [5.41, 5.74) is -2.85. The number of anilines is 1. The molecule has 3 nitrogen and oxygen atoms in total. The van der Waals surface area contributed by atoms with Crippen LogP contribution in [-0.2, 0) is 23.6 Å². The number of nitrogens with zero attached hydrogens (tertiary/aromatic N) is 1. The van der Waals surface area contributed by atoms with Gasteiger partial charge in [0, 0.05) is 6.42 Å². The Balaban J connectivity index is 1.98. The Morgan fingerprint density at radius 1 is 0.929 bits per heavy atom. The number of rotatable bonds is 3. The predicted molar refractivity (Wildman–Crippen MR) is 93.6 cm³/mol. The summed E-state index contributed by atoms with van der Waals surface area (Å²) in [4.78, 5) is 13.3. The highest BCUT2D eigenvalue weighted by Crippen LogP contribution is 2.39. The molecule has 1 aliphatic rings. The molecule has 0 bridgehead atoms. The van der Waals surface area contributed by atoms with E-state index in [9.17, 15) is 31.1 Å². The zero-order chi connectivity index (χ0) is 20.7. The standard InChI is InChI=1S/C18H12F6N2OS/c19-17(20,21)11-7-12(18(22,23)24)9-13(8-11)26-15(27)14(25-16(26)28)6-10-4-2-1-3-5-10/h1-5,7-9,14H,6H2,(H,25,28)/t14-/m0/s1. The topological polar surface area (TPSA) is 32.3 Å². The molecule has 1 atom stereocenters. The molecule has 28 heavy (non-hydrogen) atoms. The molecule has 2 aromatic rings. The van der Waals surface area contributed by atoms with E-state index in [0.717, 1.165) is 5.56 Å². The van der Waals surface area contributed by atoms with Crippen molar-refractivity contribution in [3.8, 4) is 0 Å². The number of carbonyl (C=O) groups is 1. The number of amides is 1. The number of hydrogen-bond acceptors (Lipinski definition) is 2. The van der Waals surface area contributed by atoms with E-state index in [1.165, 1.54) is 0 Å². The summed E-state index contributed by atoms with van der Waals surface area (Å²) in [5, 5.41) is 2.41. The summed E-state index contributed by atoms with van der Waals surface area (Å²) in [5.74, 6) is -0.721. The molecule has 1 heterocycles. The summed E-state index contributed by atoms with van der Waals surface area (Å²) in [6, 6.07) is 8.81. The fourth-order valence-electron chi connectivity index (χ4n) is 2.83. The van der Waals surface area contributed by atoms with Gasteiger partial charge in [0.1, 0.15) is 6.04 Å². The Hall–Kier alpha value is -2.62. The summed E-state index contributed by atoms with van der Waals surface area (Å²) in [6.45, 7) is 0. The fourth-order valence-corrected chi connectivity index (χ4v) is 3.17. The SMILES string of the molecule is O=C1[C@H](Cc2ccccc2)NC(=S)N1c1cc(C(F)(F)F)cc(C(F)(F)F)c1. The second-order valence-corrected chi connectivity index (χ2v) is 6.52. The van der Waals surface area contributed by atoms with E-state index in [0.29, 0.717) is 17.0 Å². The zero-order valence-electron chi connectivity index (χ0n) is 13.9. The summed E-state index contributed by atoms with van der Waals surface area (Å²) >= 11 is 5.00. The van der Waals surface area contributed by atoms with Gasteiger partial charge in [0.15, 0.2) is 5.11 Å². The Bertz CT molecular complexity index is 878. The predicted octanol–water partition coefficient (Wildman–Crippen LogP) is 4.56. The number of benzene rings is 2. The average Bonchev–Trinajstić information content (AvgIpc) is 2.87. The van der Waals surface area contributed by atoms with Crippen molar-refractivity contribution in [2.45, 2.75) is 24.8 Å². The number of halogens is 6. The van der Waals surface area contributed by atoms with Gasteiger partial charge in [0.25, 0.3) is 5.91 Å². The van der Waals surface area contributed by atoms with Crippen LogP contribution in [0.4, 0.5) is 32.0 Å². The zero-order valence-corrected chi connectivity index (χ0v) is 14.8. The van der Waals surface area contributed by atoms with Crippen LogP contribution in [0, 0.1) is 0 Å². The van der Waals surface area contributed by atoms with E-state index in [-0.39, 0.29) is 17.6 Å².